The molecule has 21 heavy (non-hydrogen) atoms. The van der Waals surface area contributed by atoms with E-state index in [0.29, 0.717) is 12.5 Å². The van der Waals surface area contributed by atoms with Gasteiger partial charge in [-0.3, -0.25) is 4.68 Å². The Morgan fingerprint density at radius 1 is 1.33 bits per heavy atom. The molecule has 2 N–H and O–H groups in total. The van der Waals surface area contributed by atoms with Crippen molar-refractivity contribution in [2.24, 2.45) is 5.73 Å². The van der Waals surface area contributed by atoms with Crippen LogP contribution in [0.15, 0.2) is 34.9 Å². The standard InChI is InChI=1S/C16H19BrFN3/c17-15-6-5-11(18)9-14(15)16(19)10-12-7-8-21(20-12)13-3-1-2-4-13/h5-9,13,16H,1-4,10,19H2. The first-order chi connectivity index (χ1) is 10.1. The van der Waals surface area contributed by atoms with Gasteiger partial charge in [-0.1, -0.05) is 28.8 Å². The number of halogens is 2. The third-order valence-corrected chi connectivity index (χ3v) is 4.87. The van der Waals surface area contributed by atoms with E-state index >= 15 is 0 Å². The topological polar surface area (TPSA) is 43.8 Å². The Morgan fingerprint density at radius 3 is 2.86 bits per heavy atom. The molecule has 1 unspecified atom stereocenters. The summed E-state index contributed by atoms with van der Waals surface area (Å²) in [6.07, 6.45) is 7.65. The van der Waals surface area contributed by atoms with E-state index in [4.69, 9.17) is 5.73 Å². The molecule has 1 aliphatic carbocycles. The highest BCUT2D eigenvalue weighted by Gasteiger charge is 2.19. The van der Waals surface area contributed by atoms with Crippen LogP contribution in [0.2, 0.25) is 0 Å². The molecule has 0 saturated heterocycles. The summed E-state index contributed by atoms with van der Waals surface area (Å²) in [7, 11) is 0. The molecule has 2 aromatic rings. The van der Waals surface area contributed by atoms with E-state index in [0.717, 1.165) is 15.7 Å². The quantitative estimate of drug-likeness (QED) is 0.899. The summed E-state index contributed by atoms with van der Waals surface area (Å²) in [5.41, 5.74) is 7.96. The second-order valence-electron chi connectivity index (χ2n) is 5.70. The number of rotatable bonds is 4. The van der Waals surface area contributed by atoms with Crippen LogP contribution in [0.25, 0.3) is 0 Å². The largest absolute Gasteiger partial charge is 0.324 e. The monoisotopic (exact) mass is 351 g/mol. The molecule has 5 heteroatoms. The van der Waals surface area contributed by atoms with Gasteiger partial charge in [0.25, 0.3) is 0 Å². The summed E-state index contributed by atoms with van der Waals surface area (Å²) >= 11 is 3.43. The number of benzene rings is 1. The second kappa shape index (κ2) is 6.28. The molecular weight excluding hydrogens is 333 g/mol. The summed E-state index contributed by atoms with van der Waals surface area (Å²) in [4.78, 5) is 0. The van der Waals surface area contributed by atoms with E-state index in [1.54, 1.807) is 6.07 Å². The molecule has 0 bridgehead atoms. The lowest BCUT2D eigenvalue weighted by Gasteiger charge is -2.13. The van der Waals surface area contributed by atoms with Gasteiger partial charge in [0.15, 0.2) is 0 Å². The Balaban J connectivity index is 1.72. The van der Waals surface area contributed by atoms with Gasteiger partial charge in [0.2, 0.25) is 0 Å². The summed E-state index contributed by atoms with van der Waals surface area (Å²) in [5, 5.41) is 4.64. The fourth-order valence-corrected chi connectivity index (χ4v) is 3.53. The first kappa shape index (κ1) is 14.7. The van der Waals surface area contributed by atoms with Gasteiger partial charge in [0.1, 0.15) is 5.82 Å². The zero-order chi connectivity index (χ0) is 14.8. The average molecular weight is 352 g/mol. The predicted octanol–water partition coefficient (Wildman–Crippen LogP) is 4.14. The van der Waals surface area contributed by atoms with Gasteiger partial charge in [-0.15, -0.1) is 0 Å². The molecule has 3 rings (SSSR count). The third kappa shape index (κ3) is 3.35. The van der Waals surface area contributed by atoms with Crippen LogP contribution in [0, 0.1) is 5.82 Å². The summed E-state index contributed by atoms with van der Waals surface area (Å²) in [6, 6.07) is 6.91. The van der Waals surface area contributed by atoms with Crippen molar-refractivity contribution in [3.8, 4) is 0 Å². The Morgan fingerprint density at radius 2 is 2.10 bits per heavy atom. The number of hydrogen-bond donors (Lipinski definition) is 1. The fraction of sp³-hybridized carbons (Fsp3) is 0.438. The smallest absolute Gasteiger partial charge is 0.123 e. The maximum atomic E-state index is 13.4. The molecule has 1 aromatic heterocycles. The minimum Gasteiger partial charge on any atom is -0.324 e. The van der Waals surface area contributed by atoms with Crippen LogP contribution >= 0.6 is 15.9 Å². The second-order valence-corrected chi connectivity index (χ2v) is 6.56. The Labute approximate surface area is 132 Å². The zero-order valence-electron chi connectivity index (χ0n) is 11.8. The van der Waals surface area contributed by atoms with Crippen LogP contribution in [-0.4, -0.2) is 9.78 Å². The van der Waals surface area contributed by atoms with Crippen LogP contribution < -0.4 is 5.73 Å². The minimum atomic E-state index is -0.264. The van der Waals surface area contributed by atoms with Crippen molar-refractivity contribution in [2.75, 3.05) is 0 Å². The normalized spacial score (nSPS) is 17.3. The molecule has 1 heterocycles. The summed E-state index contributed by atoms with van der Waals surface area (Å²) in [6.45, 7) is 0. The molecular formula is C16H19BrFN3. The van der Waals surface area contributed by atoms with Crippen LogP contribution in [0.3, 0.4) is 0 Å². The van der Waals surface area contributed by atoms with Gasteiger partial charge < -0.3 is 5.73 Å². The van der Waals surface area contributed by atoms with Crippen LogP contribution in [0.4, 0.5) is 4.39 Å². The van der Waals surface area contributed by atoms with Gasteiger partial charge in [-0.2, -0.15) is 5.10 Å². The number of nitrogens with zero attached hydrogens (tertiary/aromatic N) is 2. The number of hydrogen-bond acceptors (Lipinski definition) is 2. The first-order valence-corrected chi connectivity index (χ1v) is 8.17. The maximum Gasteiger partial charge on any atom is 0.123 e. The molecule has 0 aliphatic heterocycles. The Hall–Kier alpha value is -1.20. The third-order valence-electron chi connectivity index (χ3n) is 4.15. The number of aromatic nitrogens is 2. The Kier molecular flexibility index (Phi) is 4.40. The average Bonchev–Trinajstić information content (AvgIpc) is 3.11. The van der Waals surface area contributed by atoms with E-state index in [9.17, 15) is 4.39 Å². The van der Waals surface area contributed by atoms with Crippen molar-refractivity contribution >= 4 is 15.9 Å². The molecule has 1 fully saturated rings. The molecule has 1 atom stereocenters. The molecule has 0 amide bonds. The van der Waals surface area contributed by atoms with Gasteiger partial charge in [-0.05, 0) is 42.7 Å². The van der Waals surface area contributed by atoms with E-state index in [1.165, 1.54) is 37.8 Å². The molecule has 3 nitrogen and oxygen atoms in total. The molecule has 1 saturated carbocycles. The molecule has 0 spiro atoms. The van der Waals surface area contributed by atoms with Crippen molar-refractivity contribution in [1.29, 1.82) is 0 Å². The molecule has 1 aromatic carbocycles. The van der Waals surface area contributed by atoms with Crippen molar-refractivity contribution in [1.82, 2.24) is 9.78 Å². The first-order valence-electron chi connectivity index (χ1n) is 7.38. The molecule has 1 aliphatic rings. The van der Waals surface area contributed by atoms with Crippen molar-refractivity contribution in [2.45, 2.75) is 44.2 Å². The highest BCUT2D eigenvalue weighted by atomic mass is 79.9. The highest BCUT2D eigenvalue weighted by Crippen LogP contribution is 2.29. The van der Waals surface area contributed by atoms with Crippen LogP contribution in [0.5, 0.6) is 0 Å². The summed E-state index contributed by atoms with van der Waals surface area (Å²) < 4.78 is 16.3. The van der Waals surface area contributed by atoms with Gasteiger partial charge >= 0.3 is 0 Å². The van der Waals surface area contributed by atoms with Crippen LogP contribution in [-0.2, 0) is 6.42 Å². The van der Waals surface area contributed by atoms with Crippen molar-refractivity contribution < 1.29 is 4.39 Å². The lowest BCUT2D eigenvalue weighted by molar-refractivity contribution is 0.461. The fourth-order valence-electron chi connectivity index (χ4n) is 2.99. The van der Waals surface area contributed by atoms with E-state index in [1.807, 2.05) is 12.3 Å². The zero-order valence-corrected chi connectivity index (χ0v) is 13.4. The van der Waals surface area contributed by atoms with E-state index in [-0.39, 0.29) is 11.9 Å². The van der Waals surface area contributed by atoms with E-state index < -0.39 is 0 Å². The van der Waals surface area contributed by atoms with Gasteiger partial charge in [0, 0.05) is 23.1 Å². The highest BCUT2D eigenvalue weighted by molar-refractivity contribution is 9.10. The van der Waals surface area contributed by atoms with Gasteiger partial charge in [0.05, 0.1) is 11.7 Å². The molecule has 0 radical (unpaired) electrons. The minimum absolute atomic E-state index is 0.262. The lowest BCUT2D eigenvalue weighted by atomic mass is 10.0. The van der Waals surface area contributed by atoms with E-state index in [2.05, 4.69) is 25.7 Å². The van der Waals surface area contributed by atoms with Gasteiger partial charge in [-0.25, -0.2) is 4.39 Å². The van der Waals surface area contributed by atoms with Crippen molar-refractivity contribution in [3.05, 3.63) is 52.0 Å². The maximum absolute atomic E-state index is 13.4. The Bertz CT molecular complexity index is 620. The number of nitrogens with two attached hydrogens (primary N) is 1. The van der Waals surface area contributed by atoms with Crippen molar-refractivity contribution in [3.63, 3.8) is 0 Å². The van der Waals surface area contributed by atoms with Crippen LogP contribution in [0.1, 0.15) is 49.0 Å². The summed E-state index contributed by atoms with van der Waals surface area (Å²) in [5.74, 6) is -0.264. The molecule has 112 valence electrons. The lowest BCUT2D eigenvalue weighted by Crippen LogP contribution is -2.15. The SMILES string of the molecule is NC(Cc1ccn(C2CCCC2)n1)c1cc(F)ccc1Br. The predicted molar refractivity (Wildman–Crippen MR) is 84.5 cm³/mol.